The molecule has 1 heteroatoms. The van der Waals surface area contributed by atoms with Gasteiger partial charge >= 0.3 is 0 Å². The van der Waals surface area contributed by atoms with Crippen LogP contribution in [-0.2, 0) is 0 Å². The summed E-state index contributed by atoms with van der Waals surface area (Å²) < 4.78 is 0. The highest BCUT2D eigenvalue weighted by atomic mass is 15.2. The predicted molar refractivity (Wildman–Crippen MR) is 54.3 cm³/mol. The molecule has 0 bridgehead atoms. The molecule has 0 aromatic heterocycles. The smallest absolute Gasteiger partial charge is 0.00978 e. The van der Waals surface area contributed by atoms with Crippen LogP contribution >= 0.6 is 0 Å². The maximum atomic E-state index is 2.67. The molecule has 0 aromatic rings. The summed E-state index contributed by atoms with van der Waals surface area (Å²) in [5, 5.41) is 0. The second-order valence-electron chi connectivity index (χ2n) is 4.52. The van der Waals surface area contributed by atoms with Gasteiger partial charge in [-0.2, -0.15) is 0 Å². The van der Waals surface area contributed by atoms with E-state index < -0.39 is 0 Å². The first-order valence-electron chi connectivity index (χ1n) is 5.40. The van der Waals surface area contributed by atoms with Gasteiger partial charge in [-0.3, -0.25) is 4.90 Å². The summed E-state index contributed by atoms with van der Waals surface area (Å²) in [6.45, 7) is 10.7. The number of likely N-dealkylation sites (tertiary alicyclic amines) is 1. The zero-order valence-corrected chi connectivity index (χ0v) is 9.01. The maximum Gasteiger partial charge on any atom is 0.00978 e. The van der Waals surface area contributed by atoms with Crippen molar-refractivity contribution in [3.63, 3.8) is 0 Å². The Balaban J connectivity index is 2.50. The van der Waals surface area contributed by atoms with Crippen molar-refractivity contribution >= 4 is 0 Å². The van der Waals surface area contributed by atoms with Gasteiger partial charge in [-0.05, 0) is 45.6 Å². The third-order valence-corrected chi connectivity index (χ3v) is 3.16. The minimum atomic E-state index is 0.738. The average molecular weight is 169 g/mol. The van der Waals surface area contributed by atoms with E-state index in [0.717, 1.165) is 18.0 Å². The van der Waals surface area contributed by atoms with Gasteiger partial charge in [-0.15, -0.1) is 0 Å². The number of piperidine rings is 1. The van der Waals surface area contributed by atoms with Crippen LogP contribution in [0.15, 0.2) is 0 Å². The highest BCUT2D eigenvalue weighted by molar-refractivity contribution is 4.80. The fourth-order valence-corrected chi connectivity index (χ4v) is 2.35. The Hall–Kier alpha value is -0.0400. The second kappa shape index (κ2) is 4.27. The Kier molecular flexibility index (Phi) is 3.57. The van der Waals surface area contributed by atoms with Crippen LogP contribution < -0.4 is 0 Å². The van der Waals surface area contributed by atoms with Gasteiger partial charge in [-0.25, -0.2) is 0 Å². The Bertz CT molecular complexity index is 131. The maximum absolute atomic E-state index is 2.67. The largest absolute Gasteiger partial charge is 0.298 e. The van der Waals surface area contributed by atoms with Crippen LogP contribution in [0.5, 0.6) is 0 Å². The zero-order valence-electron chi connectivity index (χ0n) is 9.01. The quantitative estimate of drug-likeness (QED) is 0.614. The molecule has 0 amide bonds. The highest BCUT2D eigenvalue weighted by Gasteiger charge is 2.26. The van der Waals surface area contributed by atoms with Crippen molar-refractivity contribution in [2.45, 2.75) is 59.0 Å². The lowest BCUT2D eigenvalue weighted by molar-refractivity contribution is 0.0839. The van der Waals surface area contributed by atoms with Crippen LogP contribution in [0.2, 0.25) is 0 Å². The van der Waals surface area contributed by atoms with Crippen LogP contribution in [0.1, 0.15) is 47.0 Å². The van der Waals surface area contributed by atoms with Crippen LogP contribution in [0.25, 0.3) is 0 Å². The molecule has 12 heavy (non-hydrogen) atoms. The topological polar surface area (TPSA) is 3.24 Å². The van der Waals surface area contributed by atoms with Crippen molar-refractivity contribution in [3.8, 4) is 0 Å². The van der Waals surface area contributed by atoms with Crippen LogP contribution in [0, 0.1) is 5.92 Å². The molecule has 0 saturated carbocycles. The lowest BCUT2D eigenvalue weighted by Gasteiger charge is -2.40. The van der Waals surface area contributed by atoms with Crippen LogP contribution in [0.4, 0.5) is 0 Å². The van der Waals surface area contributed by atoms with Crippen molar-refractivity contribution in [1.29, 1.82) is 0 Å². The summed E-state index contributed by atoms with van der Waals surface area (Å²) in [6.07, 6.45) is 4.13. The molecule has 1 fully saturated rings. The first-order chi connectivity index (χ1) is 5.65. The summed E-state index contributed by atoms with van der Waals surface area (Å²) in [6, 6.07) is 1.59. The molecule has 0 aromatic carbocycles. The van der Waals surface area contributed by atoms with E-state index in [1.165, 1.54) is 25.8 Å². The summed E-state index contributed by atoms with van der Waals surface area (Å²) >= 11 is 0. The van der Waals surface area contributed by atoms with Crippen molar-refractivity contribution in [2.75, 3.05) is 6.54 Å². The minimum Gasteiger partial charge on any atom is -0.298 e. The molecular formula is C11H23N. The Morgan fingerprint density at radius 1 is 1.42 bits per heavy atom. The van der Waals surface area contributed by atoms with Crippen molar-refractivity contribution < 1.29 is 0 Å². The monoisotopic (exact) mass is 169 g/mol. The summed E-state index contributed by atoms with van der Waals surface area (Å²) in [5.41, 5.74) is 0. The van der Waals surface area contributed by atoms with Crippen molar-refractivity contribution in [1.82, 2.24) is 4.90 Å². The zero-order chi connectivity index (χ0) is 9.14. The molecule has 2 atom stereocenters. The third kappa shape index (κ3) is 2.22. The standard InChI is InChI=1S/C11H23N/c1-5-11-8-10(4)6-7-12(11)9(2)3/h9-11H,5-8H2,1-4H3/t10-,11-/m1/s1. The first kappa shape index (κ1) is 10.0. The Morgan fingerprint density at radius 2 is 2.08 bits per heavy atom. The van der Waals surface area contributed by atoms with E-state index in [9.17, 15) is 0 Å². The van der Waals surface area contributed by atoms with Gasteiger partial charge in [-0.1, -0.05) is 13.8 Å². The van der Waals surface area contributed by atoms with E-state index in [4.69, 9.17) is 0 Å². The molecule has 1 aliphatic heterocycles. The molecule has 0 radical (unpaired) electrons. The third-order valence-electron chi connectivity index (χ3n) is 3.16. The molecule has 0 aliphatic carbocycles. The highest BCUT2D eigenvalue weighted by Crippen LogP contribution is 2.25. The van der Waals surface area contributed by atoms with E-state index in [0.29, 0.717) is 0 Å². The first-order valence-corrected chi connectivity index (χ1v) is 5.40. The van der Waals surface area contributed by atoms with E-state index in [1.807, 2.05) is 0 Å². The van der Waals surface area contributed by atoms with Gasteiger partial charge in [0.1, 0.15) is 0 Å². The van der Waals surface area contributed by atoms with Gasteiger partial charge in [0.25, 0.3) is 0 Å². The number of hydrogen-bond acceptors (Lipinski definition) is 1. The SMILES string of the molecule is CC[C@@H]1C[C@H](C)CCN1C(C)C. The minimum absolute atomic E-state index is 0.738. The molecule has 0 spiro atoms. The van der Waals surface area contributed by atoms with Crippen LogP contribution in [0.3, 0.4) is 0 Å². The van der Waals surface area contributed by atoms with Crippen molar-refractivity contribution in [3.05, 3.63) is 0 Å². The molecule has 0 N–H and O–H groups in total. The summed E-state index contributed by atoms with van der Waals surface area (Å²) in [7, 11) is 0. The van der Waals surface area contributed by atoms with Gasteiger partial charge in [0.15, 0.2) is 0 Å². The average Bonchev–Trinajstić information content (AvgIpc) is 2.03. The van der Waals surface area contributed by atoms with E-state index >= 15 is 0 Å². The van der Waals surface area contributed by atoms with Gasteiger partial charge in [0.05, 0.1) is 0 Å². The molecule has 72 valence electrons. The molecular weight excluding hydrogens is 146 g/mol. The van der Waals surface area contributed by atoms with Crippen molar-refractivity contribution in [2.24, 2.45) is 5.92 Å². The molecule has 1 nitrogen and oxygen atoms in total. The normalized spacial score (nSPS) is 32.8. The van der Waals surface area contributed by atoms with E-state index in [1.54, 1.807) is 0 Å². The predicted octanol–water partition coefficient (Wildman–Crippen LogP) is 2.91. The van der Waals surface area contributed by atoms with Gasteiger partial charge < -0.3 is 0 Å². The summed E-state index contributed by atoms with van der Waals surface area (Å²) in [5.74, 6) is 0.949. The molecule has 0 unspecified atom stereocenters. The van der Waals surface area contributed by atoms with E-state index in [2.05, 4.69) is 32.6 Å². The molecule has 1 rings (SSSR count). The summed E-state index contributed by atoms with van der Waals surface area (Å²) in [4.78, 5) is 2.67. The Morgan fingerprint density at radius 3 is 2.58 bits per heavy atom. The number of hydrogen-bond donors (Lipinski definition) is 0. The Labute approximate surface area is 77.1 Å². The number of rotatable bonds is 2. The fourth-order valence-electron chi connectivity index (χ4n) is 2.35. The number of nitrogens with zero attached hydrogens (tertiary/aromatic N) is 1. The molecule has 1 aliphatic rings. The lowest BCUT2D eigenvalue weighted by Crippen LogP contribution is -2.45. The van der Waals surface area contributed by atoms with Gasteiger partial charge in [0, 0.05) is 12.1 Å². The fraction of sp³-hybridized carbons (Fsp3) is 1.00. The molecule has 1 saturated heterocycles. The van der Waals surface area contributed by atoms with Gasteiger partial charge in [0.2, 0.25) is 0 Å². The van der Waals surface area contributed by atoms with Crippen LogP contribution in [-0.4, -0.2) is 23.5 Å². The lowest BCUT2D eigenvalue weighted by atomic mass is 9.90. The second-order valence-corrected chi connectivity index (χ2v) is 4.52. The molecule has 1 heterocycles. The van der Waals surface area contributed by atoms with E-state index in [-0.39, 0.29) is 0 Å².